The van der Waals surface area contributed by atoms with Crippen molar-refractivity contribution in [1.82, 2.24) is 0 Å². The molecule has 5 atom stereocenters. The summed E-state index contributed by atoms with van der Waals surface area (Å²) in [5.41, 5.74) is -0.906. The van der Waals surface area contributed by atoms with Crippen LogP contribution in [0.15, 0.2) is 12.7 Å². The van der Waals surface area contributed by atoms with Gasteiger partial charge in [-0.25, -0.2) is 0 Å². The second kappa shape index (κ2) is 5.07. The van der Waals surface area contributed by atoms with Crippen LogP contribution >= 0.6 is 0 Å². The van der Waals surface area contributed by atoms with Gasteiger partial charge < -0.3 is 24.1 Å². The van der Waals surface area contributed by atoms with Crippen LogP contribution in [0.2, 0.25) is 0 Å². The molecule has 5 unspecified atom stereocenters. The minimum absolute atomic E-state index is 0.352. The van der Waals surface area contributed by atoms with E-state index in [0.717, 1.165) is 0 Å². The molecule has 2 fully saturated rings. The maximum atomic E-state index is 10.3. The Bertz CT molecular complexity index is 343. The zero-order valence-corrected chi connectivity index (χ0v) is 12.0. The average Bonchev–Trinajstić information content (AvgIpc) is 2.77. The lowest BCUT2D eigenvalue weighted by Crippen LogP contribution is -2.53. The molecule has 0 saturated carbocycles. The van der Waals surface area contributed by atoms with E-state index >= 15 is 0 Å². The molecule has 0 aliphatic carbocycles. The van der Waals surface area contributed by atoms with Crippen molar-refractivity contribution in [3.05, 3.63) is 19.1 Å². The van der Waals surface area contributed by atoms with Crippen LogP contribution in [0.25, 0.3) is 0 Å². The monoisotopic (exact) mass is 271 g/mol. The lowest BCUT2D eigenvalue weighted by Gasteiger charge is -2.35. The summed E-state index contributed by atoms with van der Waals surface area (Å²) >= 11 is 0. The molecule has 5 heteroatoms. The van der Waals surface area contributed by atoms with Gasteiger partial charge in [-0.2, -0.15) is 0 Å². The molecule has 1 N–H and O–H groups in total. The van der Waals surface area contributed by atoms with E-state index in [9.17, 15) is 5.11 Å². The van der Waals surface area contributed by atoms with Crippen LogP contribution in [-0.2, 0) is 18.9 Å². The van der Waals surface area contributed by atoms with Crippen LogP contribution in [0.4, 0.5) is 0 Å². The van der Waals surface area contributed by atoms with Crippen molar-refractivity contribution in [2.75, 3.05) is 7.11 Å². The first-order valence-corrected chi connectivity index (χ1v) is 6.55. The van der Waals surface area contributed by atoms with Crippen molar-refractivity contribution in [3.63, 3.8) is 0 Å². The van der Waals surface area contributed by atoms with Crippen molar-refractivity contribution in [2.45, 2.75) is 63.2 Å². The van der Waals surface area contributed by atoms with Gasteiger partial charge >= 0.3 is 0 Å². The normalized spacial score (nSPS) is 41.8. The third-order valence-corrected chi connectivity index (χ3v) is 3.70. The van der Waals surface area contributed by atoms with E-state index in [1.807, 2.05) is 27.2 Å². The Morgan fingerprint density at radius 2 is 2.11 bits per heavy atom. The summed E-state index contributed by atoms with van der Waals surface area (Å²) in [6.45, 7) is 9.22. The van der Waals surface area contributed by atoms with Crippen LogP contribution < -0.4 is 0 Å². The summed E-state index contributed by atoms with van der Waals surface area (Å²) in [6.07, 6.45) is 1.77. The minimum Gasteiger partial charge on any atom is -0.386 e. The first-order valence-electron chi connectivity index (χ1n) is 6.55. The van der Waals surface area contributed by atoms with Gasteiger partial charge in [0.25, 0.3) is 0 Å². The van der Waals surface area contributed by atoms with Crippen molar-refractivity contribution in [3.8, 4) is 0 Å². The highest BCUT2D eigenvalue weighted by Gasteiger charge is 2.65. The van der Waals surface area contributed by atoms with Gasteiger partial charge in [0.15, 0.2) is 17.7 Å². The molecule has 0 aromatic heterocycles. The standard InChI is InChI=1S/C14H23O5/c1-6-8-14(9(15)7-2)11(16-5)10-12(19-14)18-13(3,4)17-10/h6-7,9-12,15H,2,8H2,1,3-5H3/q+1. The molecule has 2 rings (SSSR count). The molecule has 0 amide bonds. The van der Waals surface area contributed by atoms with E-state index in [0.29, 0.717) is 6.42 Å². The maximum Gasteiger partial charge on any atom is 0.190 e. The van der Waals surface area contributed by atoms with E-state index < -0.39 is 29.9 Å². The number of hydrogen-bond donors (Lipinski definition) is 1. The van der Waals surface area contributed by atoms with Crippen LogP contribution in [0.1, 0.15) is 27.2 Å². The van der Waals surface area contributed by atoms with E-state index in [2.05, 4.69) is 6.58 Å². The van der Waals surface area contributed by atoms with Gasteiger partial charge in [0.05, 0.1) is 13.3 Å². The molecule has 2 saturated heterocycles. The third-order valence-electron chi connectivity index (χ3n) is 3.70. The largest absolute Gasteiger partial charge is 0.386 e. The first kappa shape index (κ1) is 14.8. The average molecular weight is 271 g/mol. The van der Waals surface area contributed by atoms with Crippen LogP contribution in [-0.4, -0.2) is 48.2 Å². The molecule has 0 aromatic rings. The van der Waals surface area contributed by atoms with Gasteiger partial charge in [-0.1, -0.05) is 6.08 Å². The molecule has 0 bridgehead atoms. The highest BCUT2D eigenvalue weighted by atomic mass is 16.8. The van der Waals surface area contributed by atoms with Crippen molar-refractivity contribution >= 4 is 0 Å². The molecule has 0 radical (unpaired) electrons. The van der Waals surface area contributed by atoms with Gasteiger partial charge in [-0.05, 0) is 13.8 Å². The van der Waals surface area contributed by atoms with Gasteiger partial charge in [0, 0.05) is 7.11 Å². The number of fused-ring (bicyclic) bond motifs is 1. The fourth-order valence-corrected chi connectivity index (χ4v) is 2.99. The van der Waals surface area contributed by atoms with Gasteiger partial charge in [0.2, 0.25) is 0 Å². The first-order chi connectivity index (χ1) is 8.90. The lowest BCUT2D eigenvalue weighted by atomic mass is 9.85. The zero-order valence-electron chi connectivity index (χ0n) is 12.0. The second-order valence-corrected chi connectivity index (χ2v) is 5.49. The third kappa shape index (κ3) is 2.30. The van der Waals surface area contributed by atoms with E-state index in [1.165, 1.54) is 6.08 Å². The Morgan fingerprint density at radius 3 is 2.63 bits per heavy atom. The fraction of sp³-hybridized carbons (Fsp3) is 0.786. The highest BCUT2D eigenvalue weighted by Crippen LogP contribution is 2.46. The molecule has 19 heavy (non-hydrogen) atoms. The van der Waals surface area contributed by atoms with Crippen LogP contribution in [0.5, 0.6) is 0 Å². The Morgan fingerprint density at radius 1 is 1.42 bits per heavy atom. The predicted octanol–water partition coefficient (Wildman–Crippen LogP) is 1.41. The predicted molar refractivity (Wildman–Crippen MR) is 69.2 cm³/mol. The minimum atomic E-state index is -0.906. The van der Waals surface area contributed by atoms with Gasteiger partial charge in [0.1, 0.15) is 24.7 Å². The number of ether oxygens (including phenoxy) is 4. The molecular weight excluding hydrogens is 248 g/mol. The second-order valence-electron chi connectivity index (χ2n) is 5.49. The molecule has 108 valence electrons. The van der Waals surface area contributed by atoms with Crippen LogP contribution in [0.3, 0.4) is 0 Å². The van der Waals surface area contributed by atoms with E-state index in [-0.39, 0.29) is 6.10 Å². The quantitative estimate of drug-likeness (QED) is 0.605. The lowest BCUT2D eigenvalue weighted by molar-refractivity contribution is -0.255. The van der Waals surface area contributed by atoms with Crippen molar-refractivity contribution < 1.29 is 24.1 Å². The number of hydrogen-bond acceptors (Lipinski definition) is 5. The summed E-state index contributed by atoms with van der Waals surface area (Å²) in [4.78, 5) is 0. The van der Waals surface area contributed by atoms with E-state index in [4.69, 9.17) is 18.9 Å². The van der Waals surface area contributed by atoms with E-state index in [1.54, 1.807) is 7.11 Å². The fourth-order valence-electron chi connectivity index (χ4n) is 2.99. The number of rotatable bonds is 5. The van der Waals surface area contributed by atoms with Crippen molar-refractivity contribution in [1.29, 1.82) is 0 Å². The molecule has 2 heterocycles. The van der Waals surface area contributed by atoms with Gasteiger partial charge in [-0.15, -0.1) is 6.58 Å². The molecule has 2 aliphatic heterocycles. The molecule has 5 nitrogen and oxygen atoms in total. The molecular formula is C14H23O5+. The topological polar surface area (TPSA) is 57.2 Å². The maximum absolute atomic E-state index is 10.3. The molecule has 0 aromatic carbocycles. The summed E-state index contributed by atoms with van der Waals surface area (Å²) in [6, 6.07) is 0. The number of aliphatic hydroxyl groups is 1. The highest BCUT2D eigenvalue weighted by molar-refractivity contribution is 5.12. The Labute approximate surface area is 114 Å². The number of methoxy groups -OCH3 is 1. The SMILES string of the molecule is C=CC(O)C1(C[CH+]C)OC2OC(C)(C)OC2C1OC. The Hall–Kier alpha value is -0.590. The molecule has 0 spiro atoms. The Balaban J connectivity index is 2.29. The zero-order chi connectivity index (χ0) is 14.3. The van der Waals surface area contributed by atoms with Crippen molar-refractivity contribution in [2.24, 2.45) is 0 Å². The van der Waals surface area contributed by atoms with Crippen LogP contribution in [0, 0.1) is 6.42 Å². The number of aliphatic hydroxyl groups excluding tert-OH is 1. The summed E-state index contributed by atoms with van der Waals surface area (Å²) in [5, 5.41) is 10.3. The summed E-state index contributed by atoms with van der Waals surface area (Å²) < 4.78 is 23.1. The Kier molecular flexibility index (Phi) is 3.95. The smallest absolute Gasteiger partial charge is 0.190 e. The molecule has 2 aliphatic rings. The van der Waals surface area contributed by atoms with Gasteiger partial charge in [-0.3, -0.25) is 0 Å². The summed E-state index contributed by atoms with van der Waals surface area (Å²) in [5.74, 6) is -0.701. The summed E-state index contributed by atoms with van der Waals surface area (Å²) in [7, 11) is 1.59.